The molecule has 1 aliphatic rings. The highest BCUT2D eigenvalue weighted by atomic mass is 16.5. The number of nitrogens with zero attached hydrogens (tertiary/aromatic N) is 7. The summed E-state index contributed by atoms with van der Waals surface area (Å²) in [5.41, 5.74) is 1.57. The predicted molar refractivity (Wildman–Crippen MR) is 101 cm³/mol. The summed E-state index contributed by atoms with van der Waals surface area (Å²) in [6.07, 6.45) is 1.61. The molecule has 0 unspecified atom stereocenters. The van der Waals surface area contributed by atoms with Crippen molar-refractivity contribution < 1.29 is 9.32 Å². The van der Waals surface area contributed by atoms with Crippen LogP contribution in [0.25, 0.3) is 11.4 Å². The molecule has 0 bridgehead atoms. The maximum Gasteiger partial charge on any atom is 0.321 e. The van der Waals surface area contributed by atoms with Gasteiger partial charge in [0, 0.05) is 36.8 Å². The van der Waals surface area contributed by atoms with Crippen LogP contribution in [0.1, 0.15) is 37.4 Å². The molecule has 0 atom stereocenters. The van der Waals surface area contributed by atoms with Crippen molar-refractivity contribution in [1.29, 1.82) is 0 Å². The zero-order chi connectivity index (χ0) is 19.5. The molecule has 10 heteroatoms. The van der Waals surface area contributed by atoms with E-state index in [4.69, 9.17) is 4.52 Å². The highest BCUT2D eigenvalue weighted by Gasteiger charge is 2.27. The van der Waals surface area contributed by atoms with E-state index in [0.29, 0.717) is 42.9 Å². The maximum absolute atomic E-state index is 12.7. The lowest BCUT2D eigenvalue weighted by Gasteiger charge is -2.30. The molecule has 1 saturated heterocycles. The van der Waals surface area contributed by atoms with Gasteiger partial charge in [0.15, 0.2) is 11.6 Å². The smallest absolute Gasteiger partial charge is 0.321 e. The molecule has 28 heavy (non-hydrogen) atoms. The Hall–Kier alpha value is -3.30. The van der Waals surface area contributed by atoms with E-state index < -0.39 is 0 Å². The van der Waals surface area contributed by atoms with Crippen molar-refractivity contribution in [3.05, 3.63) is 36.0 Å². The van der Waals surface area contributed by atoms with E-state index in [1.165, 1.54) is 0 Å². The van der Waals surface area contributed by atoms with Gasteiger partial charge in [0.1, 0.15) is 0 Å². The average molecular weight is 382 g/mol. The number of urea groups is 1. The van der Waals surface area contributed by atoms with Gasteiger partial charge < -0.3 is 14.7 Å². The van der Waals surface area contributed by atoms with Crippen LogP contribution >= 0.6 is 0 Å². The van der Waals surface area contributed by atoms with E-state index in [-0.39, 0.29) is 11.9 Å². The first-order valence-electron chi connectivity index (χ1n) is 9.36. The lowest BCUT2D eigenvalue weighted by Crippen LogP contribution is -2.40. The minimum absolute atomic E-state index is 0.118. The number of benzene rings is 1. The van der Waals surface area contributed by atoms with Crippen LogP contribution in [0.5, 0.6) is 0 Å². The fourth-order valence-corrected chi connectivity index (χ4v) is 3.37. The normalized spacial score (nSPS) is 15.0. The Kier molecular flexibility index (Phi) is 5.00. The number of anilines is 1. The first-order valence-corrected chi connectivity index (χ1v) is 9.36. The van der Waals surface area contributed by atoms with E-state index in [1.54, 1.807) is 4.68 Å². The number of likely N-dealkylation sites (tertiary alicyclic amines) is 1. The largest absolute Gasteiger partial charge is 0.339 e. The number of hydrogen-bond donors (Lipinski definition) is 1. The van der Waals surface area contributed by atoms with Crippen molar-refractivity contribution in [1.82, 2.24) is 35.2 Å². The molecule has 10 nitrogen and oxygen atoms in total. The van der Waals surface area contributed by atoms with Crippen LogP contribution in [0.15, 0.2) is 28.8 Å². The standard InChI is InChI=1S/C18H22N8O2/c1-3-26-16(21-23-24-26)14-5-4-6-15(11-14)20-18(27)25-9-7-13(8-10-25)17-19-12(2)22-28-17/h4-6,11,13H,3,7-10H2,1-2H3,(H,20,27). The summed E-state index contributed by atoms with van der Waals surface area (Å²) in [5, 5.41) is 18.6. The van der Waals surface area contributed by atoms with Gasteiger partial charge in [-0.25, -0.2) is 9.48 Å². The Bertz CT molecular complexity index is 958. The van der Waals surface area contributed by atoms with E-state index in [9.17, 15) is 4.79 Å². The zero-order valence-electron chi connectivity index (χ0n) is 15.9. The molecule has 0 saturated carbocycles. The maximum atomic E-state index is 12.7. The van der Waals surface area contributed by atoms with E-state index in [0.717, 1.165) is 18.4 Å². The van der Waals surface area contributed by atoms with Crippen molar-refractivity contribution in [3.8, 4) is 11.4 Å². The Labute approximate surface area is 161 Å². The molecule has 0 radical (unpaired) electrons. The second kappa shape index (κ2) is 7.75. The minimum atomic E-state index is -0.118. The summed E-state index contributed by atoms with van der Waals surface area (Å²) < 4.78 is 6.98. The Morgan fingerprint density at radius 2 is 2.14 bits per heavy atom. The molecule has 2 aromatic heterocycles. The average Bonchev–Trinajstić information content (AvgIpc) is 3.37. The summed E-state index contributed by atoms with van der Waals surface area (Å²) in [7, 11) is 0. The van der Waals surface area contributed by atoms with Crippen LogP contribution in [-0.4, -0.2) is 54.4 Å². The van der Waals surface area contributed by atoms with Gasteiger partial charge in [-0.15, -0.1) is 5.10 Å². The van der Waals surface area contributed by atoms with Crippen LogP contribution < -0.4 is 5.32 Å². The molecule has 1 aliphatic heterocycles. The quantitative estimate of drug-likeness (QED) is 0.737. The molecule has 3 heterocycles. The fourth-order valence-electron chi connectivity index (χ4n) is 3.37. The fraction of sp³-hybridized carbons (Fsp3) is 0.444. The van der Waals surface area contributed by atoms with E-state index >= 15 is 0 Å². The minimum Gasteiger partial charge on any atom is -0.339 e. The number of tetrazole rings is 1. The van der Waals surface area contributed by atoms with Crippen molar-refractivity contribution in [2.45, 2.75) is 39.2 Å². The van der Waals surface area contributed by atoms with Gasteiger partial charge in [0.05, 0.1) is 0 Å². The zero-order valence-corrected chi connectivity index (χ0v) is 15.9. The van der Waals surface area contributed by atoms with Gasteiger partial charge in [0.2, 0.25) is 5.89 Å². The molecule has 1 N–H and O–H groups in total. The second-order valence-electron chi connectivity index (χ2n) is 6.77. The third-order valence-electron chi connectivity index (χ3n) is 4.88. The van der Waals surface area contributed by atoms with E-state index in [2.05, 4.69) is 31.0 Å². The molecule has 0 spiro atoms. The summed E-state index contributed by atoms with van der Waals surface area (Å²) in [5.74, 6) is 2.19. The molecular weight excluding hydrogens is 360 g/mol. The van der Waals surface area contributed by atoms with Crippen LogP contribution in [-0.2, 0) is 6.54 Å². The van der Waals surface area contributed by atoms with Crippen LogP contribution in [0.3, 0.4) is 0 Å². The van der Waals surface area contributed by atoms with Gasteiger partial charge in [-0.1, -0.05) is 17.3 Å². The van der Waals surface area contributed by atoms with Crippen molar-refractivity contribution in [2.75, 3.05) is 18.4 Å². The number of carbonyl (C=O) groups excluding carboxylic acids is 1. The van der Waals surface area contributed by atoms with Crippen LogP contribution in [0.4, 0.5) is 10.5 Å². The van der Waals surface area contributed by atoms with E-state index in [1.807, 2.05) is 43.0 Å². The summed E-state index contributed by atoms with van der Waals surface area (Å²) in [6, 6.07) is 7.42. The molecule has 1 fully saturated rings. The number of piperidine rings is 1. The monoisotopic (exact) mass is 382 g/mol. The Morgan fingerprint density at radius 3 is 2.86 bits per heavy atom. The van der Waals surface area contributed by atoms with Crippen molar-refractivity contribution in [3.63, 3.8) is 0 Å². The highest BCUT2D eigenvalue weighted by molar-refractivity contribution is 5.90. The summed E-state index contributed by atoms with van der Waals surface area (Å²) >= 11 is 0. The van der Waals surface area contributed by atoms with Gasteiger partial charge in [-0.05, 0) is 49.2 Å². The number of hydrogen-bond acceptors (Lipinski definition) is 7. The Morgan fingerprint density at radius 1 is 1.32 bits per heavy atom. The first-order chi connectivity index (χ1) is 13.6. The third kappa shape index (κ3) is 3.71. The molecule has 4 rings (SSSR count). The molecule has 3 aromatic rings. The number of aromatic nitrogens is 6. The third-order valence-corrected chi connectivity index (χ3v) is 4.88. The SMILES string of the molecule is CCn1nnnc1-c1cccc(NC(=O)N2CCC(c3nc(C)no3)CC2)c1. The van der Waals surface area contributed by atoms with Gasteiger partial charge in [-0.2, -0.15) is 4.98 Å². The van der Waals surface area contributed by atoms with Gasteiger partial charge in [-0.3, -0.25) is 0 Å². The summed E-state index contributed by atoms with van der Waals surface area (Å²) in [4.78, 5) is 18.8. The van der Waals surface area contributed by atoms with Gasteiger partial charge >= 0.3 is 6.03 Å². The second-order valence-corrected chi connectivity index (χ2v) is 6.77. The lowest BCUT2D eigenvalue weighted by molar-refractivity contribution is 0.187. The number of amides is 2. The molecule has 2 amide bonds. The topological polar surface area (TPSA) is 115 Å². The number of aryl methyl sites for hydroxylation is 2. The van der Waals surface area contributed by atoms with Crippen LogP contribution in [0.2, 0.25) is 0 Å². The lowest BCUT2D eigenvalue weighted by atomic mass is 9.97. The molecule has 146 valence electrons. The van der Waals surface area contributed by atoms with Crippen molar-refractivity contribution in [2.24, 2.45) is 0 Å². The predicted octanol–water partition coefficient (Wildman–Crippen LogP) is 2.46. The first kappa shape index (κ1) is 18.1. The number of rotatable bonds is 4. The number of nitrogens with one attached hydrogen (secondary N) is 1. The summed E-state index contributed by atoms with van der Waals surface area (Å²) in [6.45, 7) is 5.75. The number of carbonyl (C=O) groups is 1. The highest BCUT2D eigenvalue weighted by Crippen LogP contribution is 2.27. The molecule has 1 aromatic carbocycles. The van der Waals surface area contributed by atoms with Crippen LogP contribution in [0, 0.1) is 6.92 Å². The molecule has 0 aliphatic carbocycles. The molecular formula is C18H22N8O2. The Balaban J connectivity index is 1.38. The van der Waals surface area contributed by atoms with Gasteiger partial charge in [0.25, 0.3) is 0 Å². The van der Waals surface area contributed by atoms with Crippen molar-refractivity contribution >= 4 is 11.7 Å².